The van der Waals surface area contributed by atoms with Gasteiger partial charge in [-0.2, -0.15) is 0 Å². The van der Waals surface area contributed by atoms with Crippen LogP contribution in [0, 0.1) is 6.92 Å². The number of anilines is 1. The lowest BCUT2D eigenvalue weighted by atomic mass is 9.77. The predicted molar refractivity (Wildman–Crippen MR) is 87.3 cm³/mol. The Balaban J connectivity index is 2.16. The topological polar surface area (TPSA) is 51.8 Å². The first-order valence-electron chi connectivity index (χ1n) is 7.81. The quantitative estimate of drug-likeness (QED) is 0.905. The molecule has 3 heteroatoms. The lowest BCUT2D eigenvalue weighted by Crippen LogP contribution is -2.12. The van der Waals surface area contributed by atoms with Gasteiger partial charge in [0.1, 0.15) is 11.6 Å². The summed E-state index contributed by atoms with van der Waals surface area (Å²) in [6.07, 6.45) is 3.91. The van der Waals surface area contributed by atoms with E-state index < -0.39 is 0 Å². The van der Waals surface area contributed by atoms with Crippen molar-refractivity contribution in [3.8, 4) is 11.3 Å². The molecule has 2 N–H and O–H groups in total. The summed E-state index contributed by atoms with van der Waals surface area (Å²) in [5.41, 5.74) is 10.8. The minimum atomic E-state index is 0.280. The van der Waals surface area contributed by atoms with Crippen LogP contribution in [0.5, 0.6) is 0 Å². The molecule has 0 saturated heterocycles. The molecule has 0 spiro atoms. The van der Waals surface area contributed by atoms with Crippen molar-refractivity contribution in [3.63, 3.8) is 0 Å². The van der Waals surface area contributed by atoms with E-state index in [4.69, 9.17) is 10.7 Å². The molecule has 3 rings (SSSR count). The van der Waals surface area contributed by atoms with E-state index in [0.717, 1.165) is 17.1 Å². The fourth-order valence-corrected chi connectivity index (χ4v) is 2.86. The van der Waals surface area contributed by atoms with Gasteiger partial charge in [0.15, 0.2) is 0 Å². The Morgan fingerprint density at radius 1 is 1.14 bits per heavy atom. The maximum Gasteiger partial charge on any atom is 0.133 e. The molecule has 2 aromatic rings. The first-order valence-corrected chi connectivity index (χ1v) is 7.81. The van der Waals surface area contributed by atoms with Crippen LogP contribution in [0.15, 0.2) is 24.3 Å². The Kier molecular flexibility index (Phi) is 3.66. The van der Waals surface area contributed by atoms with E-state index in [0.29, 0.717) is 11.7 Å². The van der Waals surface area contributed by atoms with Gasteiger partial charge in [0, 0.05) is 17.0 Å². The molecule has 21 heavy (non-hydrogen) atoms. The summed E-state index contributed by atoms with van der Waals surface area (Å²) in [5.74, 6) is 2.39. The van der Waals surface area contributed by atoms with Gasteiger partial charge in [0.2, 0.25) is 0 Å². The summed E-state index contributed by atoms with van der Waals surface area (Å²) in [6, 6.07) is 8.63. The SMILES string of the molecule is Cc1c(N)nc(C(C)C)nc1-c1ccccc1C1CCC1. The third-order valence-electron chi connectivity index (χ3n) is 4.48. The van der Waals surface area contributed by atoms with Crippen molar-refractivity contribution in [2.24, 2.45) is 0 Å². The van der Waals surface area contributed by atoms with E-state index in [1.165, 1.54) is 30.4 Å². The van der Waals surface area contributed by atoms with Crippen LogP contribution < -0.4 is 5.73 Å². The molecule has 1 saturated carbocycles. The second-order valence-electron chi connectivity index (χ2n) is 6.31. The van der Waals surface area contributed by atoms with Crippen LogP contribution in [-0.4, -0.2) is 9.97 Å². The molecular formula is C18H23N3. The molecule has 1 aromatic heterocycles. The van der Waals surface area contributed by atoms with E-state index in [1.807, 2.05) is 6.92 Å². The minimum Gasteiger partial charge on any atom is -0.383 e. The van der Waals surface area contributed by atoms with Gasteiger partial charge in [0.25, 0.3) is 0 Å². The molecule has 1 fully saturated rings. The standard InChI is InChI=1S/C18H23N3/c1-11(2)18-20-16(12(3)17(19)21-18)15-10-5-4-9-14(15)13-7-6-8-13/h4-5,9-11,13H,6-8H2,1-3H3,(H2,19,20,21). The molecule has 0 radical (unpaired) electrons. The highest BCUT2D eigenvalue weighted by atomic mass is 15.0. The Bertz CT molecular complexity index is 658. The van der Waals surface area contributed by atoms with E-state index in [1.54, 1.807) is 0 Å². The van der Waals surface area contributed by atoms with Crippen molar-refractivity contribution in [3.05, 3.63) is 41.2 Å². The van der Waals surface area contributed by atoms with Gasteiger partial charge in [-0.1, -0.05) is 44.5 Å². The zero-order valence-corrected chi connectivity index (χ0v) is 13.1. The first-order chi connectivity index (χ1) is 10.1. The van der Waals surface area contributed by atoms with Crippen LogP contribution in [0.1, 0.15) is 61.9 Å². The highest BCUT2D eigenvalue weighted by Crippen LogP contribution is 2.41. The van der Waals surface area contributed by atoms with Gasteiger partial charge in [0.05, 0.1) is 5.69 Å². The van der Waals surface area contributed by atoms with E-state index in [-0.39, 0.29) is 5.92 Å². The lowest BCUT2D eigenvalue weighted by molar-refractivity contribution is 0.420. The molecule has 0 aliphatic heterocycles. The zero-order chi connectivity index (χ0) is 15.0. The molecule has 1 aliphatic carbocycles. The monoisotopic (exact) mass is 281 g/mol. The third kappa shape index (κ3) is 2.53. The predicted octanol–water partition coefficient (Wildman–Crippen LogP) is 4.43. The highest BCUT2D eigenvalue weighted by Gasteiger charge is 2.24. The number of nitrogens with zero attached hydrogens (tertiary/aromatic N) is 2. The number of benzene rings is 1. The second-order valence-corrected chi connectivity index (χ2v) is 6.31. The second kappa shape index (κ2) is 5.47. The molecule has 3 nitrogen and oxygen atoms in total. The zero-order valence-electron chi connectivity index (χ0n) is 13.1. The lowest BCUT2D eigenvalue weighted by Gasteiger charge is -2.28. The van der Waals surface area contributed by atoms with Crippen molar-refractivity contribution in [1.82, 2.24) is 9.97 Å². The number of rotatable bonds is 3. The summed E-state index contributed by atoms with van der Waals surface area (Å²) in [7, 11) is 0. The summed E-state index contributed by atoms with van der Waals surface area (Å²) in [5, 5.41) is 0. The summed E-state index contributed by atoms with van der Waals surface area (Å²) in [4.78, 5) is 9.25. The molecule has 0 bridgehead atoms. The Morgan fingerprint density at radius 2 is 1.86 bits per heavy atom. The van der Waals surface area contributed by atoms with Crippen LogP contribution >= 0.6 is 0 Å². The maximum atomic E-state index is 6.12. The smallest absolute Gasteiger partial charge is 0.133 e. The van der Waals surface area contributed by atoms with Crippen LogP contribution in [0.3, 0.4) is 0 Å². The molecule has 0 atom stereocenters. The average Bonchev–Trinajstić information content (AvgIpc) is 2.40. The van der Waals surface area contributed by atoms with Gasteiger partial charge < -0.3 is 5.73 Å². The van der Waals surface area contributed by atoms with Crippen molar-refractivity contribution in [2.45, 2.75) is 51.9 Å². The Hall–Kier alpha value is -1.90. The van der Waals surface area contributed by atoms with Crippen LogP contribution in [0.4, 0.5) is 5.82 Å². The molecule has 0 amide bonds. The molecule has 1 aromatic carbocycles. The Morgan fingerprint density at radius 3 is 2.48 bits per heavy atom. The van der Waals surface area contributed by atoms with Crippen molar-refractivity contribution >= 4 is 5.82 Å². The Labute approximate surface area is 126 Å². The third-order valence-corrected chi connectivity index (χ3v) is 4.48. The maximum absolute atomic E-state index is 6.12. The number of hydrogen-bond donors (Lipinski definition) is 1. The van der Waals surface area contributed by atoms with Crippen molar-refractivity contribution in [1.29, 1.82) is 0 Å². The number of nitrogens with two attached hydrogens (primary N) is 1. The average molecular weight is 281 g/mol. The summed E-state index contributed by atoms with van der Waals surface area (Å²) < 4.78 is 0. The van der Waals surface area contributed by atoms with Gasteiger partial charge >= 0.3 is 0 Å². The first kappa shape index (κ1) is 14.1. The molecular weight excluding hydrogens is 258 g/mol. The minimum absolute atomic E-state index is 0.280. The highest BCUT2D eigenvalue weighted by molar-refractivity contribution is 5.71. The van der Waals surface area contributed by atoms with Gasteiger partial charge in [-0.15, -0.1) is 0 Å². The molecule has 0 unspecified atom stereocenters. The van der Waals surface area contributed by atoms with Gasteiger partial charge in [-0.05, 0) is 31.2 Å². The number of nitrogen functional groups attached to an aromatic ring is 1. The summed E-state index contributed by atoms with van der Waals surface area (Å²) >= 11 is 0. The normalized spacial score (nSPS) is 15.2. The molecule has 1 aliphatic rings. The van der Waals surface area contributed by atoms with Crippen LogP contribution in [-0.2, 0) is 0 Å². The van der Waals surface area contributed by atoms with Gasteiger partial charge in [-0.25, -0.2) is 9.97 Å². The van der Waals surface area contributed by atoms with Crippen LogP contribution in [0.25, 0.3) is 11.3 Å². The molecule has 110 valence electrons. The fraction of sp³-hybridized carbons (Fsp3) is 0.444. The van der Waals surface area contributed by atoms with Crippen molar-refractivity contribution < 1.29 is 0 Å². The fourth-order valence-electron chi connectivity index (χ4n) is 2.86. The van der Waals surface area contributed by atoms with E-state index >= 15 is 0 Å². The van der Waals surface area contributed by atoms with Crippen LogP contribution in [0.2, 0.25) is 0 Å². The van der Waals surface area contributed by atoms with E-state index in [2.05, 4.69) is 43.1 Å². The molecule has 1 heterocycles. The van der Waals surface area contributed by atoms with Gasteiger partial charge in [-0.3, -0.25) is 0 Å². The number of hydrogen-bond acceptors (Lipinski definition) is 3. The largest absolute Gasteiger partial charge is 0.383 e. The van der Waals surface area contributed by atoms with Crippen molar-refractivity contribution in [2.75, 3.05) is 5.73 Å². The summed E-state index contributed by atoms with van der Waals surface area (Å²) in [6.45, 7) is 6.23. The number of aromatic nitrogens is 2. The van der Waals surface area contributed by atoms with E-state index in [9.17, 15) is 0 Å².